The Kier molecular flexibility index (Phi) is 6.26. The second-order valence-corrected chi connectivity index (χ2v) is 7.93. The van der Waals surface area contributed by atoms with Crippen LogP contribution in [0.2, 0.25) is 0 Å². The summed E-state index contributed by atoms with van der Waals surface area (Å²) < 4.78 is 11.0. The lowest BCUT2D eigenvalue weighted by Crippen LogP contribution is -2.48. The molecule has 1 aliphatic heterocycles. The summed E-state index contributed by atoms with van der Waals surface area (Å²) in [6.45, 7) is 10.7. The molecule has 0 atom stereocenters. The number of pyridine rings is 1. The zero-order chi connectivity index (χ0) is 19.4. The van der Waals surface area contributed by atoms with Gasteiger partial charge in [0, 0.05) is 30.5 Å². The van der Waals surface area contributed by atoms with E-state index < -0.39 is 11.0 Å². The van der Waals surface area contributed by atoms with Crippen molar-refractivity contribution < 1.29 is 19.1 Å². The van der Waals surface area contributed by atoms with Gasteiger partial charge in [0.15, 0.2) is 0 Å². The van der Waals surface area contributed by atoms with Gasteiger partial charge in [-0.1, -0.05) is 13.0 Å². The number of esters is 1. The Labute approximate surface area is 155 Å². The van der Waals surface area contributed by atoms with Crippen LogP contribution in [0.4, 0.5) is 4.79 Å². The molecule has 2 heterocycles. The summed E-state index contributed by atoms with van der Waals surface area (Å²) >= 11 is 0. The van der Waals surface area contributed by atoms with Crippen LogP contribution in [-0.2, 0) is 20.9 Å². The Bertz CT molecular complexity index is 643. The number of carbonyl (C=O) groups excluding carboxylic acids is 2. The van der Waals surface area contributed by atoms with E-state index in [-0.39, 0.29) is 18.7 Å². The third-order valence-electron chi connectivity index (χ3n) is 4.96. The summed E-state index contributed by atoms with van der Waals surface area (Å²) in [7, 11) is 0. The number of likely N-dealkylation sites (tertiary alicyclic amines) is 1. The number of rotatable bonds is 4. The molecule has 0 saturated carbocycles. The molecule has 6 heteroatoms. The predicted molar refractivity (Wildman–Crippen MR) is 98.5 cm³/mol. The molecule has 1 aliphatic rings. The van der Waals surface area contributed by atoms with Crippen molar-refractivity contribution in [2.45, 2.75) is 66.1 Å². The molecule has 0 bridgehead atoms. The lowest BCUT2D eigenvalue weighted by molar-refractivity contribution is -0.160. The minimum atomic E-state index is -0.533. The van der Waals surface area contributed by atoms with Crippen molar-refractivity contribution in [3.8, 4) is 0 Å². The Morgan fingerprint density at radius 1 is 1.27 bits per heavy atom. The van der Waals surface area contributed by atoms with Crippen molar-refractivity contribution in [1.82, 2.24) is 9.88 Å². The van der Waals surface area contributed by atoms with Crippen molar-refractivity contribution in [3.63, 3.8) is 0 Å². The van der Waals surface area contributed by atoms with Gasteiger partial charge in [0.05, 0.1) is 5.41 Å². The van der Waals surface area contributed by atoms with Gasteiger partial charge in [-0.3, -0.25) is 9.78 Å². The van der Waals surface area contributed by atoms with Crippen LogP contribution in [0, 0.1) is 12.3 Å². The molecule has 1 aromatic heterocycles. The summed E-state index contributed by atoms with van der Waals surface area (Å²) in [6, 6.07) is 3.75. The number of aryl methyl sites for hydroxylation is 1. The zero-order valence-corrected chi connectivity index (χ0v) is 16.5. The molecule has 0 radical (unpaired) electrons. The second-order valence-electron chi connectivity index (χ2n) is 7.93. The van der Waals surface area contributed by atoms with E-state index in [9.17, 15) is 9.59 Å². The number of nitrogens with zero attached hydrogens (tertiary/aromatic N) is 2. The van der Waals surface area contributed by atoms with Crippen LogP contribution in [0.5, 0.6) is 0 Å². The molecule has 0 aliphatic carbocycles. The highest BCUT2D eigenvalue weighted by atomic mass is 16.6. The molecular weight excluding hydrogens is 332 g/mol. The lowest BCUT2D eigenvalue weighted by Gasteiger charge is -2.39. The number of ether oxygens (including phenoxy) is 2. The maximum absolute atomic E-state index is 12.8. The average molecular weight is 362 g/mol. The lowest BCUT2D eigenvalue weighted by atomic mass is 9.76. The van der Waals surface area contributed by atoms with Crippen LogP contribution in [0.15, 0.2) is 18.3 Å². The van der Waals surface area contributed by atoms with Crippen molar-refractivity contribution in [2.75, 3.05) is 13.1 Å². The SMILES string of the molecule is CCC1(C(=O)OCc2cccnc2C)CCN(C(=O)OC(C)(C)C)CC1. The monoisotopic (exact) mass is 362 g/mol. The number of piperidine rings is 1. The Balaban J connectivity index is 1.94. The van der Waals surface area contributed by atoms with E-state index in [0.717, 1.165) is 11.3 Å². The van der Waals surface area contributed by atoms with Gasteiger partial charge in [-0.05, 0) is 53.0 Å². The fraction of sp³-hybridized carbons (Fsp3) is 0.650. The van der Waals surface area contributed by atoms with Gasteiger partial charge in [0.25, 0.3) is 0 Å². The normalized spacial score (nSPS) is 16.9. The molecule has 1 saturated heterocycles. The summed E-state index contributed by atoms with van der Waals surface area (Å²) in [5.41, 5.74) is 0.731. The number of carbonyl (C=O) groups is 2. The molecule has 1 fully saturated rings. The molecule has 6 nitrogen and oxygen atoms in total. The highest BCUT2D eigenvalue weighted by Gasteiger charge is 2.42. The molecule has 144 valence electrons. The van der Waals surface area contributed by atoms with Gasteiger partial charge in [-0.2, -0.15) is 0 Å². The number of aromatic nitrogens is 1. The summed E-state index contributed by atoms with van der Waals surface area (Å²) in [4.78, 5) is 30.9. The minimum absolute atomic E-state index is 0.188. The van der Waals surface area contributed by atoms with Crippen molar-refractivity contribution >= 4 is 12.1 Å². The van der Waals surface area contributed by atoms with Gasteiger partial charge >= 0.3 is 12.1 Å². The Morgan fingerprint density at radius 3 is 2.46 bits per heavy atom. The Hall–Kier alpha value is -2.11. The van der Waals surface area contributed by atoms with Gasteiger partial charge in [0.1, 0.15) is 12.2 Å². The zero-order valence-electron chi connectivity index (χ0n) is 16.5. The molecule has 0 N–H and O–H groups in total. The smallest absolute Gasteiger partial charge is 0.410 e. The van der Waals surface area contributed by atoms with Gasteiger partial charge < -0.3 is 14.4 Å². The van der Waals surface area contributed by atoms with E-state index in [0.29, 0.717) is 32.4 Å². The van der Waals surface area contributed by atoms with E-state index in [1.54, 1.807) is 11.1 Å². The van der Waals surface area contributed by atoms with E-state index in [4.69, 9.17) is 9.47 Å². The minimum Gasteiger partial charge on any atom is -0.460 e. The third kappa shape index (κ3) is 4.96. The summed E-state index contributed by atoms with van der Waals surface area (Å²) in [5, 5.41) is 0. The summed E-state index contributed by atoms with van der Waals surface area (Å²) in [6.07, 6.45) is 3.28. The molecule has 26 heavy (non-hydrogen) atoms. The molecule has 1 aromatic rings. The first-order chi connectivity index (χ1) is 12.2. The van der Waals surface area contributed by atoms with Crippen molar-refractivity contribution in [3.05, 3.63) is 29.6 Å². The summed E-state index contributed by atoms with van der Waals surface area (Å²) in [5.74, 6) is -0.188. The highest BCUT2D eigenvalue weighted by molar-refractivity contribution is 5.77. The number of amides is 1. The fourth-order valence-corrected chi connectivity index (χ4v) is 3.11. The maximum atomic E-state index is 12.8. The van der Waals surface area contributed by atoms with Gasteiger partial charge in [-0.15, -0.1) is 0 Å². The average Bonchev–Trinajstić information content (AvgIpc) is 2.59. The van der Waals surface area contributed by atoms with E-state index >= 15 is 0 Å². The van der Waals surface area contributed by atoms with Crippen molar-refractivity contribution in [1.29, 1.82) is 0 Å². The van der Waals surface area contributed by atoms with Crippen LogP contribution in [-0.4, -0.2) is 40.6 Å². The highest BCUT2D eigenvalue weighted by Crippen LogP contribution is 2.37. The molecular formula is C20H30N2O4. The maximum Gasteiger partial charge on any atom is 0.410 e. The molecule has 0 unspecified atom stereocenters. The van der Waals surface area contributed by atoms with Crippen LogP contribution in [0.1, 0.15) is 58.2 Å². The molecule has 0 aromatic carbocycles. The molecule has 0 spiro atoms. The topological polar surface area (TPSA) is 68.7 Å². The van der Waals surface area contributed by atoms with Crippen molar-refractivity contribution in [2.24, 2.45) is 5.41 Å². The number of hydrogen-bond donors (Lipinski definition) is 0. The van der Waals surface area contributed by atoms with Crippen LogP contribution in [0.3, 0.4) is 0 Å². The largest absolute Gasteiger partial charge is 0.460 e. The second kappa shape index (κ2) is 8.06. The van der Waals surface area contributed by atoms with Crippen LogP contribution in [0.25, 0.3) is 0 Å². The van der Waals surface area contributed by atoms with Gasteiger partial charge in [0.2, 0.25) is 0 Å². The van der Waals surface area contributed by atoms with E-state index in [1.807, 2.05) is 46.8 Å². The standard InChI is InChI=1S/C20H30N2O4/c1-6-20(17(23)25-14-16-8-7-11-21-15(16)2)9-12-22(13-10-20)18(24)26-19(3,4)5/h7-8,11H,6,9-10,12-14H2,1-5H3. The third-order valence-corrected chi connectivity index (χ3v) is 4.96. The molecule has 1 amide bonds. The van der Waals surface area contributed by atoms with Crippen LogP contribution >= 0.6 is 0 Å². The first-order valence-corrected chi connectivity index (χ1v) is 9.22. The van der Waals surface area contributed by atoms with E-state index in [1.165, 1.54) is 0 Å². The fourth-order valence-electron chi connectivity index (χ4n) is 3.11. The first kappa shape index (κ1) is 20.2. The molecule has 2 rings (SSSR count). The Morgan fingerprint density at radius 2 is 1.92 bits per heavy atom. The quantitative estimate of drug-likeness (QED) is 0.761. The van der Waals surface area contributed by atoms with Crippen LogP contribution < -0.4 is 0 Å². The number of hydrogen-bond acceptors (Lipinski definition) is 5. The first-order valence-electron chi connectivity index (χ1n) is 9.22. The predicted octanol–water partition coefficient (Wildman–Crippen LogP) is 3.86. The van der Waals surface area contributed by atoms with Gasteiger partial charge in [-0.25, -0.2) is 4.79 Å². The van der Waals surface area contributed by atoms with E-state index in [2.05, 4.69) is 4.98 Å².